The first-order chi connectivity index (χ1) is 9.17. The summed E-state index contributed by atoms with van der Waals surface area (Å²) in [6.07, 6.45) is 0. The molecule has 1 heterocycles. The second-order valence-electron chi connectivity index (χ2n) is 3.84. The topological polar surface area (TPSA) is 53.3 Å². The summed E-state index contributed by atoms with van der Waals surface area (Å²) in [4.78, 5) is 14.4. The Morgan fingerprint density at radius 3 is 2.79 bits per heavy atom. The van der Waals surface area contributed by atoms with E-state index in [0.29, 0.717) is 21.9 Å². The lowest BCUT2D eigenvalue weighted by Crippen LogP contribution is -2.26. The third kappa shape index (κ3) is 2.59. The van der Waals surface area contributed by atoms with Crippen molar-refractivity contribution in [3.63, 3.8) is 0 Å². The number of nitriles is 1. The fraction of sp³-hybridized carbons (Fsp3) is 0.143. The van der Waals surface area contributed by atoms with Gasteiger partial charge in [-0.3, -0.25) is 4.79 Å². The van der Waals surface area contributed by atoms with Crippen LogP contribution in [0.2, 0.25) is 0 Å². The Morgan fingerprint density at radius 2 is 2.16 bits per heavy atom. The molecular weight excluding hydrogens is 260 g/mol. The van der Waals surface area contributed by atoms with Gasteiger partial charge in [0.25, 0.3) is 5.91 Å². The molecule has 0 spiro atoms. The van der Waals surface area contributed by atoms with Gasteiger partial charge in [-0.15, -0.1) is 11.3 Å². The van der Waals surface area contributed by atoms with Gasteiger partial charge in [-0.2, -0.15) is 5.26 Å². The highest BCUT2D eigenvalue weighted by molar-refractivity contribution is 7.12. The van der Waals surface area contributed by atoms with Crippen molar-refractivity contribution in [3.05, 3.63) is 46.2 Å². The van der Waals surface area contributed by atoms with Gasteiger partial charge in [0, 0.05) is 18.5 Å². The number of ether oxygens (including phenoxy) is 1. The molecule has 1 aromatic carbocycles. The maximum absolute atomic E-state index is 12.3. The van der Waals surface area contributed by atoms with Crippen molar-refractivity contribution < 1.29 is 9.53 Å². The van der Waals surface area contributed by atoms with E-state index in [1.54, 1.807) is 49.9 Å². The number of amides is 1. The number of carbonyl (C=O) groups is 1. The van der Waals surface area contributed by atoms with Gasteiger partial charge in [0.1, 0.15) is 11.8 Å². The monoisotopic (exact) mass is 272 g/mol. The summed E-state index contributed by atoms with van der Waals surface area (Å²) in [5, 5.41) is 10.8. The largest absolute Gasteiger partial charge is 0.496 e. The van der Waals surface area contributed by atoms with E-state index < -0.39 is 0 Å². The highest BCUT2D eigenvalue weighted by Gasteiger charge is 2.18. The number of thiophene rings is 1. The lowest BCUT2D eigenvalue weighted by atomic mass is 10.2. The van der Waals surface area contributed by atoms with Crippen molar-refractivity contribution in [2.24, 2.45) is 0 Å². The van der Waals surface area contributed by atoms with Gasteiger partial charge in [0.05, 0.1) is 23.2 Å². The van der Waals surface area contributed by atoms with Crippen molar-refractivity contribution in [2.75, 3.05) is 19.1 Å². The maximum atomic E-state index is 12.3. The van der Waals surface area contributed by atoms with Gasteiger partial charge in [0.15, 0.2) is 0 Å². The third-order valence-electron chi connectivity index (χ3n) is 2.71. The van der Waals surface area contributed by atoms with Gasteiger partial charge in [-0.1, -0.05) is 12.1 Å². The molecule has 4 nitrogen and oxygen atoms in total. The molecular formula is C14H12N2O2S. The van der Waals surface area contributed by atoms with Crippen LogP contribution in [0.15, 0.2) is 35.7 Å². The predicted molar refractivity (Wildman–Crippen MR) is 74.8 cm³/mol. The van der Waals surface area contributed by atoms with Crippen LogP contribution in [-0.2, 0) is 0 Å². The van der Waals surface area contributed by atoms with Crippen molar-refractivity contribution in [1.29, 1.82) is 5.26 Å². The first-order valence-corrected chi connectivity index (χ1v) is 6.45. The average Bonchev–Trinajstić information content (AvgIpc) is 2.94. The van der Waals surface area contributed by atoms with Gasteiger partial charge in [-0.25, -0.2) is 0 Å². The molecule has 0 radical (unpaired) electrons. The number of carbonyl (C=O) groups excluding carboxylic acids is 1. The quantitative estimate of drug-likeness (QED) is 0.863. The van der Waals surface area contributed by atoms with Crippen LogP contribution in [0, 0.1) is 11.3 Å². The Labute approximate surface area is 115 Å². The minimum Gasteiger partial charge on any atom is -0.496 e. The normalized spacial score (nSPS) is 9.74. The molecule has 0 fully saturated rings. The standard InChI is InChI=1S/C14H12N2O2S/c1-16(12-6-4-3-5-10(12)8-15)14(17)13-7-11(18-2)9-19-13/h3-7,9H,1-2H3. The molecule has 1 amide bonds. The molecule has 96 valence electrons. The molecule has 0 N–H and O–H groups in total. The number of hydrogen-bond acceptors (Lipinski definition) is 4. The number of anilines is 1. The first kappa shape index (κ1) is 13.1. The summed E-state index contributed by atoms with van der Waals surface area (Å²) in [5.41, 5.74) is 1.07. The molecule has 0 aliphatic carbocycles. The van der Waals surface area contributed by atoms with Crippen LogP contribution in [0.1, 0.15) is 15.2 Å². The summed E-state index contributed by atoms with van der Waals surface area (Å²) < 4.78 is 5.06. The predicted octanol–water partition coefficient (Wildman–Crippen LogP) is 2.90. The second kappa shape index (κ2) is 5.55. The number of benzene rings is 1. The van der Waals surface area contributed by atoms with E-state index >= 15 is 0 Å². The first-order valence-electron chi connectivity index (χ1n) is 5.57. The summed E-state index contributed by atoms with van der Waals surface area (Å²) >= 11 is 1.32. The molecule has 2 aromatic rings. The lowest BCUT2D eigenvalue weighted by Gasteiger charge is -2.17. The Hall–Kier alpha value is -2.32. The van der Waals surface area contributed by atoms with Gasteiger partial charge in [0.2, 0.25) is 0 Å². The van der Waals surface area contributed by atoms with Crippen LogP contribution < -0.4 is 9.64 Å². The van der Waals surface area contributed by atoms with E-state index in [2.05, 4.69) is 6.07 Å². The van der Waals surface area contributed by atoms with E-state index in [0.717, 1.165) is 0 Å². The van der Waals surface area contributed by atoms with Crippen LogP contribution in [0.25, 0.3) is 0 Å². The Kier molecular flexibility index (Phi) is 3.83. The number of methoxy groups -OCH3 is 1. The Balaban J connectivity index is 2.31. The number of para-hydroxylation sites is 1. The molecule has 5 heteroatoms. The highest BCUT2D eigenvalue weighted by atomic mass is 32.1. The van der Waals surface area contributed by atoms with Gasteiger partial charge >= 0.3 is 0 Å². The molecule has 0 unspecified atom stereocenters. The minimum absolute atomic E-state index is 0.156. The van der Waals surface area contributed by atoms with Crippen LogP contribution in [0.3, 0.4) is 0 Å². The van der Waals surface area contributed by atoms with Crippen molar-refractivity contribution in [2.45, 2.75) is 0 Å². The smallest absolute Gasteiger partial charge is 0.268 e. The van der Waals surface area contributed by atoms with E-state index in [4.69, 9.17) is 10.00 Å². The molecule has 0 aliphatic rings. The zero-order chi connectivity index (χ0) is 13.8. The van der Waals surface area contributed by atoms with E-state index in [-0.39, 0.29) is 5.91 Å². The highest BCUT2D eigenvalue weighted by Crippen LogP contribution is 2.25. The summed E-state index contributed by atoms with van der Waals surface area (Å²) in [5.74, 6) is 0.506. The Morgan fingerprint density at radius 1 is 1.42 bits per heavy atom. The number of rotatable bonds is 3. The molecule has 0 saturated heterocycles. The molecule has 0 saturated carbocycles. The van der Waals surface area contributed by atoms with Crippen LogP contribution in [-0.4, -0.2) is 20.1 Å². The van der Waals surface area contributed by atoms with Crippen LogP contribution in [0.4, 0.5) is 5.69 Å². The van der Waals surface area contributed by atoms with Crippen LogP contribution >= 0.6 is 11.3 Å². The SMILES string of the molecule is COc1csc(C(=O)N(C)c2ccccc2C#N)c1. The van der Waals surface area contributed by atoms with Crippen molar-refractivity contribution >= 4 is 22.9 Å². The molecule has 19 heavy (non-hydrogen) atoms. The summed E-state index contributed by atoms with van der Waals surface area (Å²) in [7, 11) is 3.22. The minimum atomic E-state index is -0.156. The molecule has 0 atom stereocenters. The average molecular weight is 272 g/mol. The number of nitrogens with zero attached hydrogens (tertiary/aromatic N) is 2. The summed E-state index contributed by atoms with van der Waals surface area (Å²) in [6.45, 7) is 0. The van der Waals surface area contributed by atoms with Crippen LogP contribution in [0.5, 0.6) is 5.75 Å². The lowest BCUT2D eigenvalue weighted by molar-refractivity contribution is 0.0996. The number of hydrogen-bond donors (Lipinski definition) is 0. The van der Waals surface area contributed by atoms with E-state index in [1.165, 1.54) is 16.2 Å². The maximum Gasteiger partial charge on any atom is 0.268 e. The zero-order valence-corrected chi connectivity index (χ0v) is 11.4. The summed E-state index contributed by atoms with van der Waals surface area (Å²) in [6, 6.07) is 10.8. The molecule has 0 bridgehead atoms. The van der Waals surface area contributed by atoms with Gasteiger partial charge < -0.3 is 9.64 Å². The van der Waals surface area contributed by atoms with Crippen molar-refractivity contribution in [1.82, 2.24) is 0 Å². The zero-order valence-electron chi connectivity index (χ0n) is 10.6. The molecule has 1 aromatic heterocycles. The fourth-order valence-corrected chi connectivity index (χ4v) is 2.50. The van der Waals surface area contributed by atoms with Crippen molar-refractivity contribution in [3.8, 4) is 11.8 Å². The van der Waals surface area contributed by atoms with E-state index in [9.17, 15) is 4.79 Å². The second-order valence-corrected chi connectivity index (χ2v) is 4.76. The fourth-order valence-electron chi connectivity index (χ4n) is 1.67. The third-order valence-corrected chi connectivity index (χ3v) is 3.61. The van der Waals surface area contributed by atoms with E-state index in [1.807, 2.05) is 0 Å². The van der Waals surface area contributed by atoms with Gasteiger partial charge in [-0.05, 0) is 12.1 Å². The molecule has 0 aliphatic heterocycles. The molecule has 2 rings (SSSR count). The Bertz CT molecular complexity index is 643.